The Bertz CT molecular complexity index is 426. The molecule has 0 aliphatic rings. The number of carbonyl (C=O) groups excluding carboxylic acids is 1. The summed E-state index contributed by atoms with van der Waals surface area (Å²) < 4.78 is 5.83. The molecule has 1 N–H and O–H groups in total. The molecule has 0 saturated carbocycles. The van der Waals surface area contributed by atoms with Crippen LogP contribution in [0.15, 0.2) is 18.2 Å². The van der Waals surface area contributed by atoms with Gasteiger partial charge in [0.05, 0.1) is 6.04 Å². The molecule has 3 heteroatoms. The van der Waals surface area contributed by atoms with E-state index in [1.807, 2.05) is 59.7 Å². The van der Waals surface area contributed by atoms with Crippen LogP contribution in [-0.4, -0.2) is 18.6 Å². The van der Waals surface area contributed by atoms with Crippen molar-refractivity contribution >= 4 is 5.91 Å². The fourth-order valence-corrected chi connectivity index (χ4v) is 1.72. The van der Waals surface area contributed by atoms with Crippen molar-refractivity contribution in [1.82, 2.24) is 5.32 Å². The van der Waals surface area contributed by atoms with Crippen LogP contribution >= 0.6 is 0 Å². The average molecular weight is 263 g/mol. The van der Waals surface area contributed by atoms with E-state index in [1.54, 1.807) is 0 Å². The largest absolute Gasteiger partial charge is 0.491 e. The highest BCUT2D eigenvalue weighted by Crippen LogP contribution is 2.22. The maximum absolute atomic E-state index is 11.9. The Balaban J connectivity index is 2.56. The van der Waals surface area contributed by atoms with Crippen molar-refractivity contribution in [3.8, 4) is 5.75 Å². The van der Waals surface area contributed by atoms with E-state index in [-0.39, 0.29) is 17.4 Å². The van der Waals surface area contributed by atoms with Crippen LogP contribution in [0.4, 0.5) is 0 Å². The van der Waals surface area contributed by atoms with Crippen LogP contribution in [0.5, 0.6) is 5.75 Å². The molecule has 106 valence electrons. The normalized spacial score (nSPS) is 12.9. The third-order valence-electron chi connectivity index (χ3n) is 2.95. The fourth-order valence-electron chi connectivity index (χ4n) is 1.72. The zero-order valence-electron chi connectivity index (χ0n) is 12.8. The van der Waals surface area contributed by atoms with Crippen molar-refractivity contribution < 1.29 is 9.53 Å². The van der Waals surface area contributed by atoms with Crippen LogP contribution in [0.3, 0.4) is 0 Å². The first kappa shape index (κ1) is 15.5. The molecule has 0 bridgehead atoms. The number of amides is 1. The van der Waals surface area contributed by atoms with Gasteiger partial charge in [0.25, 0.3) is 0 Å². The van der Waals surface area contributed by atoms with Crippen LogP contribution in [0.2, 0.25) is 0 Å². The number of para-hydroxylation sites is 1. The average Bonchev–Trinajstić information content (AvgIpc) is 2.27. The lowest BCUT2D eigenvalue weighted by Gasteiger charge is -2.22. The minimum absolute atomic E-state index is 0.00858. The van der Waals surface area contributed by atoms with E-state index in [2.05, 4.69) is 5.32 Å². The molecule has 1 rings (SSSR count). The van der Waals surface area contributed by atoms with Gasteiger partial charge < -0.3 is 10.1 Å². The molecule has 0 fully saturated rings. The van der Waals surface area contributed by atoms with Gasteiger partial charge in [-0.1, -0.05) is 39.0 Å². The number of ether oxygens (including phenoxy) is 1. The first-order chi connectivity index (χ1) is 8.71. The van der Waals surface area contributed by atoms with Gasteiger partial charge in [0, 0.05) is 5.41 Å². The predicted molar refractivity (Wildman–Crippen MR) is 78.5 cm³/mol. The minimum atomic E-state index is -0.368. The Morgan fingerprint density at radius 3 is 2.26 bits per heavy atom. The van der Waals surface area contributed by atoms with E-state index in [4.69, 9.17) is 4.74 Å². The molecule has 0 spiro atoms. The second kappa shape index (κ2) is 6.09. The SMILES string of the molecule is Cc1cccc(C)c1OCC(C)NC(=O)C(C)(C)C. The first-order valence-electron chi connectivity index (χ1n) is 6.72. The van der Waals surface area contributed by atoms with Crippen molar-refractivity contribution in [2.24, 2.45) is 5.41 Å². The van der Waals surface area contributed by atoms with E-state index >= 15 is 0 Å². The van der Waals surface area contributed by atoms with Gasteiger partial charge in [0.15, 0.2) is 0 Å². The highest BCUT2D eigenvalue weighted by molar-refractivity contribution is 5.81. The van der Waals surface area contributed by atoms with Crippen molar-refractivity contribution in [1.29, 1.82) is 0 Å². The number of hydrogen-bond donors (Lipinski definition) is 1. The van der Waals surface area contributed by atoms with E-state index in [0.29, 0.717) is 6.61 Å². The number of hydrogen-bond acceptors (Lipinski definition) is 2. The monoisotopic (exact) mass is 263 g/mol. The molecule has 19 heavy (non-hydrogen) atoms. The molecular formula is C16H25NO2. The van der Waals surface area contributed by atoms with Crippen molar-refractivity contribution in [2.45, 2.75) is 47.6 Å². The second-order valence-electron chi connectivity index (χ2n) is 6.16. The maximum atomic E-state index is 11.9. The Hall–Kier alpha value is -1.51. The smallest absolute Gasteiger partial charge is 0.225 e. The highest BCUT2D eigenvalue weighted by Gasteiger charge is 2.22. The number of rotatable bonds is 4. The van der Waals surface area contributed by atoms with Crippen molar-refractivity contribution in [2.75, 3.05) is 6.61 Å². The van der Waals surface area contributed by atoms with Crippen LogP contribution < -0.4 is 10.1 Å². The number of nitrogens with one attached hydrogen (secondary N) is 1. The fraction of sp³-hybridized carbons (Fsp3) is 0.562. The van der Waals surface area contributed by atoms with Crippen LogP contribution in [0, 0.1) is 19.3 Å². The van der Waals surface area contributed by atoms with E-state index in [9.17, 15) is 4.79 Å². The first-order valence-corrected chi connectivity index (χ1v) is 6.72. The minimum Gasteiger partial charge on any atom is -0.491 e. The summed E-state index contributed by atoms with van der Waals surface area (Å²) in [5.41, 5.74) is 1.87. The molecule has 0 aliphatic heterocycles. The van der Waals surface area contributed by atoms with Gasteiger partial charge in [-0.25, -0.2) is 0 Å². The molecule has 1 aromatic rings. The molecular weight excluding hydrogens is 238 g/mol. The zero-order valence-corrected chi connectivity index (χ0v) is 12.8. The molecule has 0 heterocycles. The number of carbonyl (C=O) groups is 1. The van der Waals surface area contributed by atoms with Gasteiger partial charge in [-0.15, -0.1) is 0 Å². The molecule has 0 aliphatic carbocycles. The van der Waals surface area contributed by atoms with Gasteiger partial charge in [-0.3, -0.25) is 4.79 Å². The second-order valence-corrected chi connectivity index (χ2v) is 6.16. The Morgan fingerprint density at radius 2 is 1.79 bits per heavy atom. The molecule has 1 unspecified atom stereocenters. The Labute approximate surface area is 116 Å². The topological polar surface area (TPSA) is 38.3 Å². The van der Waals surface area contributed by atoms with E-state index < -0.39 is 0 Å². The lowest BCUT2D eigenvalue weighted by molar-refractivity contribution is -0.129. The maximum Gasteiger partial charge on any atom is 0.225 e. The lowest BCUT2D eigenvalue weighted by Crippen LogP contribution is -2.42. The molecule has 0 saturated heterocycles. The van der Waals surface area contributed by atoms with E-state index in [0.717, 1.165) is 16.9 Å². The summed E-state index contributed by atoms with van der Waals surface area (Å²) in [4.78, 5) is 11.9. The summed E-state index contributed by atoms with van der Waals surface area (Å²) in [5, 5.41) is 2.97. The number of benzene rings is 1. The summed E-state index contributed by atoms with van der Waals surface area (Å²) in [6, 6.07) is 6.06. The van der Waals surface area contributed by atoms with Crippen LogP contribution in [-0.2, 0) is 4.79 Å². The Kier molecular flexibility index (Phi) is 4.98. The zero-order chi connectivity index (χ0) is 14.6. The van der Waals surface area contributed by atoms with Crippen LogP contribution in [0.25, 0.3) is 0 Å². The molecule has 1 aromatic carbocycles. The van der Waals surface area contributed by atoms with Gasteiger partial charge in [0.2, 0.25) is 5.91 Å². The molecule has 1 amide bonds. The molecule has 0 radical (unpaired) electrons. The Morgan fingerprint density at radius 1 is 1.26 bits per heavy atom. The highest BCUT2D eigenvalue weighted by atomic mass is 16.5. The quantitative estimate of drug-likeness (QED) is 0.905. The summed E-state index contributed by atoms with van der Waals surface area (Å²) in [6.07, 6.45) is 0. The van der Waals surface area contributed by atoms with Crippen molar-refractivity contribution in [3.05, 3.63) is 29.3 Å². The van der Waals surface area contributed by atoms with Gasteiger partial charge in [-0.2, -0.15) is 0 Å². The lowest BCUT2D eigenvalue weighted by atomic mass is 9.95. The standard InChI is InChI=1S/C16H25NO2/c1-11-8-7-9-12(2)14(11)19-10-13(3)17-15(18)16(4,5)6/h7-9,13H,10H2,1-6H3,(H,17,18). The summed E-state index contributed by atoms with van der Waals surface area (Å²) in [7, 11) is 0. The predicted octanol–water partition coefficient (Wildman–Crippen LogP) is 3.23. The van der Waals surface area contributed by atoms with Crippen molar-refractivity contribution in [3.63, 3.8) is 0 Å². The van der Waals surface area contributed by atoms with Crippen LogP contribution in [0.1, 0.15) is 38.8 Å². The van der Waals surface area contributed by atoms with E-state index in [1.165, 1.54) is 0 Å². The van der Waals surface area contributed by atoms with Gasteiger partial charge >= 0.3 is 0 Å². The molecule has 0 aromatic heterocycles. The summed E-state index contributed by atoms with van der Waals surface area (Å²) >= 11 is 0. The molecule has 3 nitrogen and oxygen atoms in total. The van der Waals surface area contributed by atoms with Gasteiger partial charge in [0.1, 0.15) is 12.4 Å². The van der Waals surface area contributed by atoms with Gasteiger partial charge in [-0.05, 0) is 31.9 Å². The number of aryl methyl sites for hydroxylation is 2. The third-order valence-corrected chi connectivity index (χ3v) is 2.95. The molecule has 1 atom stereocenters. The third kappa shape index (κ3) is 4.58. The summed E-state index contributed by atoms with van der Waals surface area (Å²) in [5.74, 6) is 0.962. The summed E-state index contributed by atoms with van der Waals surface area (Å²) in [6.45, 7) is 12.2.